The molecule has 0 fully saturated rings. The van der Waals surface area contributed by atoms with Gasteiger partial charge in [0.05, 0.1) is 51.0 Å². The van der Waals surface area contributed by atoms with E-state index in [0.29, 0.717) is 0 Å². The van der Waals surface area contributed by atoms with Gasteiger partial charge in [-0.25, -0.2) is 4.98 Å². The number of nitrogens with zero attached hydrogens (tertiary/aromatic N) is 6. The van der Waals surface area contributed by atoms with Crippen molar-refractivity contribution in [3.05, 3.63) is 146 Å². The zero-order valence-corrected chi connectivity index (χ0v) is 25.0. The third-order valence-corrected chi connectivity index (χ3v) is 9.76. The lowest BCUT2D eigenvalue weighted by Crippen LogP contribution is -1.96. The SMILES string of the molecule is c1ccc(-n2c3ccccc3c3cc4c5cc6c(cc5n(-c5ccccc5)c4cc32)c2ccncc2n2c3cnccc3nc62)cc1. The monoisotopic (exact) mass is 600 g/mol. The van der Waals surface area contributed by atoms with E-state index in [2.05, 4.69) is 139 Å². The number of pyridine rings is 3. The van der Waals surface area contributed by atoms with Crippen LogP contribution in [0.1, 0.15) is 0 Å². The summed E-state index contributed by atoms with van der Waals surface area (Å²) in [6, 6.07) is 43.6. The number of aromatic nitrogens is 6. The van der Waals surface area contributed by atoms with Crippen molar-refractivity contribution >= 4 is 82.0 Å². The summed E-state index contributed by atoms with van der Waals surface area (Å²) in [7, 11) is 0. The van der Waals surface area contributed by atoms with Gasteiger partial charge < -0.3 is 9.13 Å². The fraction of sp³-hybridized carbons (Fsp3) is 0. The highest BCUT2D eigenvalue weighted by atomic mass is 15.0. The zero-order chi connectivity index (χ0) is 30.6. The Hall–Kier alpha value is -6.53. The fourth-order valence-corrected chi connectivity index (χ4v) is 7.78. The van der Waals surface area contributed by atoms with Crippen LogP contribution in [0.15, 0.2) is 146 Å². The number of hydrogen-bond acceptors (Lipinski definition) is 3. The highest BCUT2D eigenvalue weighted by molar-refractivity contribution is 6.24. The quantitative estimate of drug-likeness (QED) is 0.186. The van der Waals surface area contributed by atoms with Crippen LogP contribution in [-0.4, -0.2) is 28.5 Å². The normalized spacial score (nSPS) is 12.3. The number of rotatable bonds is 2. The van der Waals surface area contributed by atoms with Crippen molar-refractivity contribution in [2.24, 2.45) is 0 Å². The lowest BCUT2D eigenvalue weighted by atomic mass is 10.0. The van der Waals surface area contributed by atoms with Gasteiger partial charge in [-0.05, 0) is 72.1 Å². The zero-order valence-electron chi connectivity index (χ0n) is 25.0. The summed E-state index contributed by atoms with van der Waals surface area (Å²) in [4.78, 5) is 14.1. The van der Waals surface area contributed by atoms with Crippen LogP contribution >= 0.6 is 0 Å². The smallest absolute Gasteiger partial charge is 0.146 e. The number of para-hydroxylation sites is 3. The molecule has 6 heteroatoms. The Morgan fingerprint density at radius 1 is 0.383 bits per heavy atom. The number of imidazole rings is 1. The molecule has 11 aromatic rings. The Labute approximate surface area is 267 Å². The molecule has 5 aromatic carbocycles. The van der Waals surface area contributed by atoms with Crippen LogP contribution in [-0.2, 0) is 0 Å². The molecule has 11 rings (SSSR count). The summed E-state index contributed by atoms with van der Waals surface area (Å²) in [6.45, 7) is 0. The highest BCUT2D eigenvalue weighted by Crippen LogP contribution is 2.42. The van der Waals surface area contributed by atoms with Crippen LogP contribution in [0, 0.1) is 0 Å². The second kappa shape index (κ2) is 9.02. The molecule has 0 unspecified atom stereocenters. The maximum atomic E-state index is 5.16. The van der Waals surface area contributed by atoms with Crippen molar-refractivity contribution in [2.45, 2.75) is 0 Å². The molecule has 0 saturated heterocycles. The van der Waals surface area contributed by atoms with E-state index in [1.54, 1.807) is 6.20 Å². The van der Waals surface area contributed by atoms with Gasteiger partial charge >= 0.3 is 0 Å². The van der Waals surface area contributed by atoms with E-state index in [1.165, 1.54) is 32.6 Å². The van der Waals surface area contributed by atoms with Crippen molar-refractivity contribution in [3.63, 3.8) is 0 Å². The van der Waals surface area contributed by atoms with Crippen LogP contribution in [0.4, 0.5) is 0 Å². The lowest BCUT2D eigenvalue weighted by molar-refractivity contribution is 1.17. The van der Waals surface area contributed by atoms with E-state index < -0.39 is 0 Å². The van der Waals surface area contributed by atoms with E-state index in [0.717, 1.165) is 60.8 Å². The van der Waals surface area contributed by atoms with Gasteiger partial charge in [-0.15, -0.1) is 0 Å². The molecule has 0 amide bonds. The number of fused-ring (bicyclic) bond motifs is 14. The van der Waals surface area contributed by atoms with Gasteiger partial charge in [0.25, 0.3) is 0 Å². The van der Waals surface area contributed by atoms with Crippen molar-refractivity contribution in [1.29, 1.82) is 0 Å². The van der Waals surface area contributed by atoms with E-state index in [1.807, 2.05) is 24.7 Å². The molecule has 0 saturated carbocycles. The minimum absolute atomic E-state index is 0.910. The van der Waals surface area contributed by atoms with Crippen molar-refractivity contribution < 1.29 is 0 Å². The molecule has 0 aliphatic carbocycles. The van der Waals surface area contributed by atoms with E-state index in [-0.39, 0.29) is 0 Å². The van der Waals surface area contributed by atoms with Crippen molar-refractivity contribution in [1.82, 2.24) is 28.5 Å². The third kappa shape index (κ3) is 3.26. The summed E-state index contributed by atoms with van der Waals surface area (Å²) >= 11 is 0. The van der Waals surface area contributed by atoms with Crippen LogP contribution in [0.3, 0.4) is 0 Å². The van der Waals surface area contributed by atoms with Gasteiger partial charge in [-0.2, -0.15) is 0 Å². The maximum Gasteiger partial charge on any atom is 0.146 e. The van der Waals surface area contributed by atoms with Gasteiger partial charge in [0.2, 0.25) is 0 Å². The summed E-state index contributed by atoms with van der Waals surface area (Å²) in [5.74, 6) is 0. The molecular weight excluding hydrogens is 576 g/mol. The molecular formula is C41H24N6. The Balaban J connectivity index is 1.38. The minimum atomic E-state index is 0.910. The van der Waals surface area contributed by atoms with Gasteiger partial charge in [0.15, 0.2) is 0 Å². The predicted molar refractivity (Wildman–Crippen MR) is 192 cm³/mol. The van der Waals surface area contributed by atoms with Crippen LogP contribution in [0.25, 0.3) is 93.3 Å². The molecule has 218 valence electrons. The highest BCUT2D eigenvalue weighted by Gasteiger charge is 2.21. The Kier molecular flexibility index (Phi) is 4.75. The summed E-state index contributed by atoms with van der Waals surface area (Å²) in [5.41, 5.74) is 10.8. The predicted octanol–water partition coefficient (Wildman–Crippen LogP) is 9.78. The van der Waals surface area contributed by atoms with Crippen LogP contribution in [0.2, 0.25) is 0 Å². The first-order valence-electron chi connectivity index (χ1n) is 15.8. The maximum absolute atomic E-state index is 5.16. The molecule has 6 aromatic heterocycles. The molecule has 6 heterocycles. The number of hydrogen-bond donors (Lipinski definition) is 0. The van der Waals surface area contributed by atoms with Gasteiger partial charge in [0.1, 0.15) is 5.65 Å². The molecule has 0 aliphatic heterocycles. The average Bonchev–Trinajstić information content (AvgIpc) is 3.78. The Morgan fingerprint density at radius 3 is 1.72 bits per heavy atom. The summed E-state index contributed by atoms with van der Waals surface area (Å²) in [6.07, 6.45) is 7.52. The first kappa shape index (κ1) is 24.8. The topological polar surface area (TPSA) is 52.9 Å². The Bertz CT molecular complexity index is 3060. The largest absolute Gasteiger partial charge is 0.309 e. The van der Waals surface area contributed by atoms with E-state index in [9.17, 15) is 0 Å². The molecule has 0 aliphatic rings. The third-order valence-electron chi connectivity index (χ3n) is 9.76. The second-order valence-electron chi connectivity index (χ2n) is 12.2. The molecule has 0 spiro atoms. The van der Waals surface area contributed by atoms with Crippen molar-refractivity contribution in [3.8, 4) is 11.4 Å². The van der Waals surface area contributed by atoms with Crippen molar-refractivity contribution in [2.75, 3.05) is 0 Å². The average molecular weight is 601 g/mol. The fourth-order valence-electron chi connectivity index (χ4n) is 7.78. The Morgan fingerprint density at radius 2 is 0.957 bits per heavy atom. The molecule has 0 N–H and O–H groups in total. The molecule has 0 radical (unpaired) electrons. The molecule has 6 nitrogen and oxygen atoms in total. The van der Waals surface area contributed by atoms with E-state index in [4.69, 9.17) is 4.98 Å². The number of benzene rings is 5. The molecule has 0 bridgehead atoms. The minimum Gasteiger partial charge on any atom is -0.309 e. The summed E-state index contributed by atoms with van der Waals surface area (Å²) in [5, 5.41) is 8.25. The standard InChI is InChI=1S/C41H24N6/c1-3-9-25(10-4-1)45-35-14-8-7-13-27(35)30-19-31-32-20-33-29(21-36(32)46(38(31)22-37(30)45)26-11-5-2-6-12-26)28-15-17-42-23-39(28)47-40-24-43-18-16-34(40)44-41(33)47/h1-24H. The molecule has 47 heavy (non-hydrogen) atoms. The van der Waals surface area contributed by atoms with E-state index >= 15 is 0 Å². The van der Waals surface area contributed by atoms with Crippen LogP contribution < -0.4 is 0 Å². The van der Waals surface area contributed by atoms with Gasteiger partial charge in [-0.3, -0.25) is 14.4 Å². The van der Waals surface area contributed by atoms with Gasteiger partial charge in [-0.1, -0.05) is 54.6 Å². The first-order chi connectivity index (χ1) is 23.3. The first-order valence-corrected chi connectivity index (χ1v) is 15.8. The van der Waals surface area contributed by atoms with Gasteiger partial charge in [0, 0.05) is 56.1 Å². The molecule has 0 atom stereocenters. The summed E-state index contributed by atoms with van der Waals surface area (Å²) < 4.78 is 7.02. The lowest BCUT2D eigenvalue weighted by Gasteiger charge is -2.11. The second-order valence-corrected chi connectivity index (χ2v) is 12.2. The van der Waals surface area contributed by atoms with Crippen LogP contribution in [0.5, 0.6) is 0 Å².